The topological polar surface area (TPSA) is 66.5 Å². The summed E-state index contributed by atoms with van der Waals surface area (Å²) >= 11 is 5.83. The second-order valence-corrected chi connectivity index (χ2v) is 7.91. The van der Waals surface area contributed by atoms with Crippen molar-refractivity contribution < 1.29 is 14.4 Å². The molecule has 25 heavy (non-hydrogen) atoms. The number of amides is 3. The van der Waals surface area contributed by atoms with E-state index >= 15 is 0 Å². The lowest BCUT2D eigenvalue weighted by Gasteiger charge is -2.37. The summed E-state index contributed by atoms with van der Waals surface area (Å²) in [5, 5.41) is 3.29. The van der Waals surface area contributed by atoms with Gasteiger partial charge >= 0.3 is 0 Å². The third-order valence-corrected chi connectivity index (χ3v) is 6.44. The molecule has 1 heterocycles. The summed E-state index contributed by atoms with van der Waals surface area (Å²) in [6.07, 6.45) is 5.39. The molecule has 0 unspecified atom stereocenters. The molecule has 0 spiro atoms. The molecule has 3 fully saturated rings. The van der Waals surface area contributed by atoms with Gasteiger partial charge in [0.2, 0.25) is 17.7 Å². The van der Waals surface area contributed by atoms with Crippen molar-refractivity contribution in [3.63, 3.8) is 0 Å². The first kappa shape index (κ1) is 15.1. The fraction of sp³-hybridized carbons (Fsp3) is 0.421. The van der Waals surface area contributed by atoms with Crippen molar-refractivity contribution in [3.8, 4) is 0 Å². The number of imide groups is 1. The van der Waals surface area contributed by atoms with Gasteiger partial charge in [-0.05, 0) is 54.4 Å². The fourth-order valence-electron chi connectivity index (χ4n) is 5.05. The predicted octanol–water partition coefficient (Wildman–Crippen LogP) is 2.33. The molecular formula is C19H17ClN2O3. The molecule has 0 aromatic heterocycles. The van der Waals surface area contributed by atoms with Crippen LogP contribution in [-0.4, -0.2) is 29.2 Å². The highest BCUT2D eigenvalue weighted by atomic mass is 35.5. The van der Waals surface area contributed by atoms with Crippen molar-refractivity contribution in [1.29, 1.82) is 0 Å². The van der Waals surface area contributed by atoms with Gasteiger partial charge in [-0.2, -0.15) is 0 Å². The minimum absolute atomic E-state index is 0.175. The summed E-state index contributed by atoms with van der Waals surface area (Å²) in [6, 6.07) is 6.72. The summed E-state index contributed by atoms with van der Waals surface area (Å²) in [7, 11) is 0. The Morgan fingerprint density at radius 3 is 2.16 bits per heavy atom. The molecule has 5 aliphatic rings. The van der Waals surface area contributed by atoms with E-state index in [0.29, 0.717) is 22.5 Å². The minimum Gasteiger partial charge on any atom is -0.325 e. The zero-order valence-electron chi connectivity index (χ0n) is 13.4. The highest BCUT2D eigenvalue weighted by molar-refractivity contribution is 6.30. The number of allylic oxidation sites excluding steroid dienone is 2. The van der Waals surface area contributed by atoms with E-state index in [4.69, 9.17) is 11.6 Å². The normalized spacial score (nSPS) is 37.1. The Hall–Kier alpha value is -2.14. The minimum atomic E-state index is -0.367. The molecule has 2 saturated carbocycles. The van der Waals surface area contributed by atoms with Crippen LogP contribution in [0.3, 0.4) is 0 Å². The van der Waals surface area contributed by atoms with Gasteiger partial charge in [0.15, 0.2) is 0 Å². The molecule has 6 atom stereocenters. The molecule has 4 aliphatic carbocycles. The zero-order valence-corrected chi connectivity index (χ0v) is 14.1. The van der Waals surface area contributed by atoms with Crippen molar-refractivity contribution in [2.24, 2.45) is 35.5 Å². The average molecular weight is 357 g/mol. The van der Waals surface area contributed by atoms with Crippen LogP contribution in [0.25, 0.3) is 0 Å². The van der Waals surface area contributed by atoms with Crippen molar-refractivity contribution >= 4 is 35.0 Å². The Balaban J connectivity index is 1.32. The zero-order chi connectivity index (χ0) is 17.3. The van der Waals surface area contributed by atoms with Gasteiger partial charge in [-0.1, -0.05) is 23.8 Å². The van der Waals surface area contributed by atoms with Crippen LogP contribution in [0.15, 0.2) is 36.4 Å². The number of halogens is 1. The number of likely N-dealkylation sites (tertiary alicyclic amines) is 1. The van der Waals surface area contributed by atoms with Crippen LogP contribution < -0.4 is 5.32 Å². The van der Waals surface area contributed by atoms with Gasteiger partial charge < -0.3 is 5.32 Å². The predicted molar refractivity (Wildman–Crippen MR) is 91.5 cm³/mol. The van der Waals surface area contributed by atoms with Gasteiger partial charge in [-0.15, -0.1) is 0 Å². The van der Waals surface area contributed by atoms with Gasteiger partial charge in [0.25, 0.3) is 0 Å². The largest absolute Gasteiger partial charge is 0.325 e. The lowest BCUT2D eigenvalue weighted by Crippen LogP contribution is -2.40. The van der Waals surface area contributed by atoms with E-state index in [2.05, 4.69) is 17.5 Å². The van der Waals surface area contributed by atoms with E-state index in [1.54, 1.807) is 24.3 Å². The maximum atomic E-state index is 12.8. The van der Waals surface area contributed by atoms with Crippen LogP contribution in [0.1, 0.15) is 6.42 Å². The summed E-state index contributed by atoms with van der Waals surface area (Å²) in [5.74, 6) is 0.266. The van der Waals surface area contributed by atoms with Crippen molar-refractivity contribution in [2.75, 3.05) is 11.9 Å². The van der Waals surface area contributed by atoms with E-state index in [9.17, 15) is 14.4 Å². The number of nitrogens with one attached hydrogen (secondary N) is 1. The SMILES string of the molecule is O=C(CN1C(=O)[C@H]2[C@@H]3C=C[C@H]([C@H]4C[C@H]34)[C@@H]2C1=O)Nc1ccc(Cl)cc1. The van der Waals surface area contributed by atoms with Gasteiger partial charge in [0.05, 0.1) is 11.8 Å². The standard InChI is InChI=1S/C19H17ClN2O3/c20-9-1-3-10(4-2-9)21-15(23)8-22-18(24)16-11-5-6-12(14-7-13(11)14)17(16)19(22)25/h1-6,11-14,16-17H,7-8H2,(H,21,23)/t11-,12-,13-,14-,16+,17+/m1/s1. The number of carbonyl (C=O) groups is 3. The van der Waals surface area contributed by atoms with Crippen molar-refractivity contribution in [2.45, 2.75) is 6.42 Å². The molecule has 2 bridgehead atoms. The molecule has 1 N–H and O–H groups in total. The molecule has 0 radical (unpaired) electrons. The third-order valence-electron chi connectivity index (χ3n) is 6.18. The molecule has 1 aliphatic heterocycles. The molecule has 128 valence electrons. The quantitative estimate of drug-likeness (QED) is 0.667. The van der Waals surface area contributed by atoms with E-state index < -0.39 is 0 Å². The number of anilines is 1. The third kappa shape index (κ3) is 2.18. The Morgan fingerprint density at radius 2 is 1.60 bits per heavy atom. The summed E-state index contributed by atoms with van der Waals surface area (Å²) in [6.45, 7) is -0.220. The van der Waals surface area contributed by atoms with E-state index in [1.807, 2.05) is 0 Å². The molecule has 6 heteroatoms. The molecular weight excluding hydrogens is 340 g/mol. The Bertz CT molecular complexity index is 782. The van der Waals surface area contributed by atoms with Crippen LogP contribution in [0.2, 0.25) is 5.02 Å². The first-order chi connectivity index (χ1) is 12.0. The van der Waals surface area contributed by atoms with Gasteiger partial charge in [0.1, 0.15) is 6.54 Å². The molecule has 5 nitrogen and oxygen atoms in total. The van der Waals surface area contributed by atoms with Gasteiger partial charge in [0, 0.05) is 10.7 Å². The van der Waals surface area contributed by atoms with E-state index in [-0.39, 0.29) is 47.9 Å². The monoisotopic (exact) mass is 356 g/mol. The number of hydrogen-bond donors (Lipinski definition) is 1. The highest BCUT2D eigenvalue weighted by Crippen LogP contribution is 2.65. The first-order valence-electron chi connectivity index (χ1n) is 8.63. The Morgan fingerprint density at radius 1 is 1.04 bits per heavy atom. The fourth-order valence-corrected chi connectivity index (χ4v) is 5.18. The average Bonchev–Trinajstić information content (AvgIpc) is 3.38. The lowest BCUT2D eigenvalue weighted by molar-refractivity contribution is -0.142. The Kier molecular flexibility index (Phi) is 3.14. The summed E-state index contributed by atoms with van der Waals surface area (Å²) in [5.41, 5.74) is 0.592. The van der Waals surface area contributed by atoms with Gasteiger partial charge in [-0.25, -0.2) is 0 Å². The lowest BCUT2D eigenvalue weighted by atomic mass is 9.63. The van der Waals surface area contributed by atoms with Crippen LogP contribution in [0.4, 0.5) is 5.69 Å². The first-order valence-corrected chi connectivity index (χ1v) is 9.01. The summed E-state index contributed by atoms with van der Waals surface area (Å²) < 4.78 is 0. The molecule has 3 amide bonds. The number of nitrogens with zero attached hydrogens (tertiary/aromatic N) is 1. The number of hydrogen-bond acceptors (Lipinski definition) is 3. The van der Waals surface area contributed by atoms with Crippen LogP contribution in [0, 0.1) is 35.5 Å². The number of carbonyl (C=O) groups excluding carboxylic acids is 3. The molecule has 6 rings (SSSR count). The second-order valence-electron chi connectivity index (χ2n) is 7.47. The van der Waals surface area contributed by atoms with Crippen molar-refractivity contribution in [3.05, 3.63) is 41.4 Å². The second kappa shape index (κ2) is 5.18. The van der Waals surface area contributed by atoms with E-state index in [1.165, 1.54) is 4.90 Å². The molecule has 1 saturated heterocycles. The van der Waals surface area contributed by atoms with Crippen molar-refractivity contribution in [1.82, 2.24) is 4.90 Å². The molecule has 1 aromatic carbocycles. The Labute approximate surface area is 150 Å². The number of rotatable bonds is 3. The van der Waals surface area contributed by atoms with E-state index in [0.717, 1.165) is 6.42 Å². The van der Waals surface area contributed by atoms with Crippen LogP contribution in [-0.2, 0) is 14.4 Å². The number of benzene rings is 1. The van der Waals surface area contributed by atoms with Crippen LogP contribution in [0.5, 0.6) is 0 Å². The van der Waals surface area contributed by atoms with Crippen LogP contribution >= 0.6 is 11.6 Å². The smallest absolute Gasteiger partial charge is 0.244 e. The maximum absolute atomic E-state index is 12.8. The maximum Gasteiger partial charge on any atom is 0.244 e. The highest BCUT2D eigenvalue weighted by Gasteiger charge is 2.67. The van der Waals surface area contributed by atoms with Gasteiger partial charge in [-0.3, -0.25) is 19.3 Å². The summed E-state index contributed by atoms with van der Waals surface area (Å²) in [4.78, 5) is 39.1. The molecule has 1 aromatic rings.